The summed E-state index contributed by atoms with van der Waals surface area (Å²) in [5.74, 6) is 0.770. The molecule has 7 nitrogen and oxygen atoms in total. The molecule has 3 aliphatic heterocycles. The van der Waals surface area contributed by atoms with Crippen molar-refractivity contribution in [2.45, 2.75) is 69.2 Å². The summed E-state index contributed by atoms with van der Waals surface area (Å²) in [6, 6.07) is 1.76. The van der Waals surface area contributed by atoms with Crippen molar-refractivity contribution < 1.29 is 9.53 Å². The standard InChI is InChI=1S/C19H35N5O2/c1-23(2)18(25)13-21-19(20-12-17-8-5-9-26-17)22-14-10-15-6-4-7-16(11-14)24(15)3/h14-17H,4-13H2,1-3H3,(H2,20,21,22). The van der Waals surface area contributed by atoms with Gasteiger partial charge in [-0.3, -0.25) is 4.79 Å². The number of guanidine groups is 1. The Labute approximate surface area is 157 Å². The zero-order valence-electron chi connectivity index (χ0n) is 16.5. The molecule has 0 radical (unpaired) electrons. The third kappa shape index (κ3) is 5.10. The minimum Gasteiger partial charge on any atom is -0.376 e. The minimum absolute atomic E-state index is 0.0171. The van der Waals surface area contributed by atoms with Crippen LogP contribution in [-0.4, -0.2) is 86.7 Å². The van der Waals surface area contributed by atoms with Crippen LogP contribution >= 0.6 is 0 Å². The van der Waals surface area contributed by atoms with Crippen molar-refractivity contribution in [2.75, 3.05) is 40.8 Å². The fourth-order valence-corrected chi connectivity index (χ4v) is 4.38. The topological polar surface area (TPSA) is 69.2 Å². The van der Waals surface area contributed by atoms with Gasteiger partial charge < -0.3 is 25.2 Å². The van der Waals surface area contributed by atoms with Crippen LogP contribution < -0.4 is 10.6 Å². The van der Waals surface area contributed by atoms with E-state index in [1.165, 1.54) is 19.3 Å². The van der Waals surface area contributed by atoms with Crippen LogP contribution in [0.1, 0.15) is 44.9 Å². The van der Waals surface area contributed by atoms with Crippen molar-refractivity contribution in [1.82, 2.24) is 20.4 Å². The van der Waals surface area contributed by atoms with E-state index in [4.69, 9.17) is 4.74 Å². The van der Waals surface area contributed by atoms with Crippen molar-refractivity contribution in [3.63, 3.8) is 0 Å². The van der Waals surface area contributed by atoms with Crippen LogP contribution in [0.25, 0.3) is 0 Å². The Balaban J connectivity index is 1.58. The fourth-order valence-electron chi connectivity index (χ4n) is 4.38. The molecule has 1 amide bonds. The first-order valence-electron chi connectivity index (χ1n) is 10.1. The van der Waals surface area contributed by atoms with Gasteiger partial charge in [0.15, 0.2) is 5.96 Å². The molecular formula is C19H35N5O2. The maximum atomic E-state index is 11.9. The van der Waals surface area contributed by atoms with Crippen molar-refractivity contribution >= 4 is 11.9 Å². The molecule has 3 atom stereocenters. The van der Waals surface area contributed by atoms with Crippen LogP contribution in [0.5, 0.6) is 0 Å². The van der Waals surface area contributed by atoms with E-state index in [0.717, 1.165) is 44.8 Å². The lowest BCUT2D eigenvalue weighted by Gasteiger charge is -2.47. The van der Waals surface area contributed by atoms with Gasteiger partial charge in [-0.2, -0.15) is 0 Å². The molecule has 3 aliphatic rings. The maximum Gasteiger partial charge on any atom is 0.243 e. The highest BCUT2D eigenvalue weighted by molar-refractivity contribution is 5.85. The molecule has 7 heteroatoms. The first-order valence-corrected chi connectivity index (χ1v) is 10.1. The minimum atomic E-state index is 0.0171. The number of piperidine rings is 2. The van der Waals surface area contributed by atoms with Gasteiger partial charge in [0.25, 0.3) is 0 Å². The summed E-state index contributed by atoms with van der Waals surface area (Å²) < 4.78 is 5.70. The van der Waals surface area contributed by atoms with E-state index in [1.54, 1.807) is 19.0 Å². The molecular weight excluding hydrogens is 330 g/mol. The van der Waals surface area contributed by atoms with Gasteiger partial charge in [-0.15, -0.1) is 0 Å². The number of carbonyl (C=O) groups excluding carboxylic acids is 1. The van der Waals surface area contributed by atoms with Gasteiger partial charge in [0.2, 0.25) is 5.91 Å². The van der Waals surface area contributed by atoms with Gasteiger partial charge in [0.1, 0.15) is 6.54 Å². The Kier molecular flexibility index (Phi) is 6.75. The maximum absolute atomic E-state index is 11.9. The number of amides is 1. The molecule has 0 saturated carbocycles. The van der Waals surface area contributed by atoms with Gasteiger partial charge in [0, 0.05) is 45.4 Å². The lowest BCUT2D eigenvalue weighted by molar-refractivity contribution is -0.127. The zero-order valence-corrected chi connectivity index (χ0v) is 16.5. The lowest BCUT2D eigenvalue weighted by Crippen LogP contribution is -2.57. The normalized spacial score (nSPS) is 32.3. The summed E-state index contributed by atoms with van der Waals surface area (Å²) >= 11 is 0. The third-order valence-corrected chi connectivity index (χ3v) is 6.07. The number of aliphatic imine (C=N–C) groups is 1. The Morgan fingerprint density at radius 1 is 1.19 bits per heavy atom. The molecule has 0 aromatic carbocycles. The summed E-state index contributed by atoms with van der Waals surface area (Å²) in [6.45, 7) is 1.78. The number of fused-ring (bicyclic) bond motifs is 2. The number of hydrogen-bond donors (Lipinski definition) is 2. The van der Waals surface area contributed by atoms with Crippen LogP contribution in [0.15, 0.2) is 4.99 Å². The molecule has 2 bridgehead atoms. The molecule has 0 spiro atoms. The molecule has 3 saturated heterocycles. The van der Waals surface area contributed by atoms with Gasteiger partial charge in [0.05, 0.1) is 6.10 Å². The van der Waals surface area contributed by atoms with Crippen LogP contribution in [-0.2, 0) is 9.53 Å². The van der Waals surface area contributed by atoms with E-state index in [2.05, 4.69) is 27.6 Å². The second-order valence-corrected chi connectivity index (χ2v) is 8.19. The summed E-state index contributed by atoms with van der Waals surface area (Å²) in [6.07, 6.45) is 8.70. The smallest absolute Gasteiger partial charge is 0.243 e. The summed E-state index contributed by atoms with van der Waals surface area (Å²) in [4.78, 5) is 20.6. The van der Waals surface area contributed by atoms with E-state index in [9.17, 15) is 4.79 Å². The van der Waals surface area contributed by atoms with Gasteiger partial charge in [-0.05, 0) is 45.6 Å². The quantitative estimate of drug-likeness (QED) is 0.557. The SMILES string of the molecule is CN(C)C(=O)CN=C(NCC1CCCO1)NC1CC2CCCC(C1)N2C. The number of carbonyl (C=O) groups is 1. The van der Waals surface area contributed by atoms with Crippen LogP contribution in [0.3, 0.4) is 0 Å². The number of rotatable bonds is 5. The van der Waals surface area contributed by atoms with E-state index >= 15 is 0 Å². The summed E-state index contributed by atoms with van der Waals surface area (Å²) in [7, 11) is 5.80. The Hall–Kier alpha value is -1.34. The molecule has 3 unspecified atom stereocenters. The Morgan fingerprint density at radius 2 is 1.92 bits per heavy atom. The van der Waals surface area contributed by atoms with Gasteiger partial charge >= 0.3 is 0 Å². The number of likely N-dealkylation sites (N-methyl/N-ethyl adjacent to an activating group) is 1. The fraction of sp³-hybridized carbons (Fsp3) is 0.895. The number of nitrogens with one attached hydrogen (secondary N) is 2. The zero-order chi connectivity index (χ0) is 18.5. The average molecular weight is 366 g/mol. The van der Waals surface area contributed by atoms with E-state index in [1.807, 2.05) is 0 Å². The highest BCUT2D eigenvalue weighted by Crippen LogP contribution is 2.32. The van der Waals surface area contributed by atoms with Crippen LogP contribution in [0.2, 0.25) is 0 Å². The number of ether oxygens (including phenoxy) is 1. The molecule has 2 N–H and O–H groups in total. The Morgan fingerprint density at radius 3 is 2.54 bits per heavy atom. The summed E-state index contributed by atoms with van der Waals surface area (Å²) in [5.41, 5.74) is 0. The molecule has 148 valence electrons. The molecule has 0 aromatic heterocycles. The lowest BCUT2D eigenvalue weighted by atomic mass is 9.82. The largest absolute Gasteiger partial charge is 0.376 e. The van der Waals surface area contributed by atoms with Crippen LogP contribution in [0.4, 0.5) is 0 Å². The second kappa shape index (κ2) is 9.04. The molecule has 3 heterocycles. The predicted octanol–water partition coefficient (Wildman–Crippen LogP) is 0.804. The first kappa shape index (κ1) is 19.4. The highest BCUT2D eigenvalue weighted by Gasteiger charge is 2.36. The van der Waals surface area contributed by atoms with E-state index in [-0.39, 0.29) is 18.6 Å². The molecule has 26 heavy (non-hydrogen) atoms. The van der Waals surface area contributed by atoms with Crippen molar-refractivity contribution in [3.05, 3.63) is 0 Å². The number of hydrogen-bond acceptors (Lipinski definition) is 4. The van der Waals surface area contributed by atoms with Crippen molar-refractivity contribution in [2.24, 2.45) is 4.99 Å². The van der Waals surface area contributed by atoms with E-state index in [0.29, 0.717) is 18.1 Å². The third-order valence-electron chi connectivity index (χ3n) is 6.07. The van der Waals surface area contributed by atoms with Crippen molar-refractivity contribution in [1.29, 1.82) is 0 Å². The number of nitrogens with zero attached hydrogens (tertiary/aromatic N) is 3. The predicted molar refractivity (Wildman–Crippen MR) is 103 cm³/mol. The first-order chi connectivity index (χ1) is 12.5. The molecule has 3 fully saturated rings. The average Bonchev–Trinajstić information content (AvgIpc) is 3.11. The van der Waals surface area contributed by atoms with Gasteiger partial charge in [-0.25, -0.2) is 4.99 Å². The van der Waals surface area contributed by atoms with Gasteiger partial charge in [-0.1, -0.05) is 6.42 Å². The monoisotopic (exact) mass is 365 g/mol. The Bertz CT molecular complexity index is 490. The van der Waals surface area contributed by atoms with Crippen molar-refractivity contribution in [3.8, 4) is 0 Å². The van der Waals surface area contributed by atoms with E-state index < -0.39 is 0 Å². The van der Waals surface area contributed by atoms with Crippen LogP contribution in [0, 0.1) is 0 Å². The molecule has 0 aromatic rings. The highest BCUT2D eigenvalue weighted by atomic mass is 16.5. The summed E-state index contributed by atoms with van der Waals surface area (Å²) in [5, 5.41) is 7.02. The molecule has 0 aliphatic carbocycles. The second-order valence-electron chi connectivity index (χ2n) is 8.19. The molecule has 3 rings (SSSR count).